The summed E-state index contributed by atoms with van der Waals surface area (Å²) in [5.74, 6) is 0.870. The predicted octanol–water partition coefficient (Wildman–Crippen LogP) is 0.395. The van der Waals surface area contributed by atoms with Crippen molar-refractivity contribution in [3.63, 3.8) is 0 Å². The number of hydrogen-bond acceptors (Lipinski definition) is 4. The lowest BCUT2D eigenvalue weighted by molar-refractivity contribution is 0.357. The van der Waals surface area contributed by atoms with Crippen LogP contribution in [0, 0.1) is 0 Å². The number of likely N-dealkylation sites (N-methyl/N-ethyl adjacent to an activating group) is 1. The summed E-state index contributed by atoms with van der Waals surface area (Å²) in [5.41, 5.74) is 1.15. The fourth-order valence-electron chi connectivity index (χ4n) is 1.66. The van der Waals surface area contributed by atoms with Crippen LogP contribution in [0.2, 0.25) is 0 Å². The minimum atomic E-state index is 0.365. The van der Waals surface area contributed by atoms with Gasteiger partial charge in [-0.3, -0.25) is 4.68 Å². The Hall–Kier alpha value is -1.07. The molecule has 90 valence electrons. The molecule has 16 heavy (non-hydrogen) atoms. The molecule has 1 aliphatic rings. The lowest BCUT2D eigenvalue weighted by Crippen LogP contribution is -2.20. The average molecular weight is 225 g/mol. The maximum absolute atomic E-state index is 5.31. The van der Waals surface area contributed by atoms with Gasteiger partial charge in [0, 0.05) is 13.0 Å². The van der Waals surface area contributed by atoms with Crippen molar-refractivity contribution < 1.29 is 9.47 Å². The van der Waals surface area contributed by atoms with E-state index in [9.17, 15) is 0 Å². The first-order valence-corrected chi connectivity index (χ1v) is 5.55. The van der Waals surface area contributed by atoms with Crippen LogP contribution in [0.15, 0.2) is 6.20 Å². The van der Waals surface area contributed by atoms with E-state index in [1.165, 1.54) is 0 Å². The molecule has 1 unspecified atom stereocenters. The predicted molar refractivity (Wildman–Crippen MR) is 60.8 cm³/mol. The summed E-state index contributed by atoms with van der Waals surface area (Å²) in [6.07, 6.45) is 3.05. The van der Waals surface area contributed by atoms with Gasteiger partial charge in [0.1, 0.15) is 0 Å². The molecule has 5 nitrogen and oxygen atoms in total. The van der Waals surface area contributed by atoms with E-state index in [2.05, 4.69) is 24.1 Å². The number of aromatic nitrogens is 2. The number of rotatable bonds is 6. The van der Waals surface area contributed by atoms with E-state index in [4.69, 9.17) is 9.47 Å². The Morgan fingerprint density at radius 2 is 2.38 bits per heavy atom. The van der Waals surface area contributed by atoms with Gasteiger partial charge < -0.3 is 14.4 Å². The van der Waals surface area contributed by atoms with Crippen molar-refractivity contribution >= 4 is 0 Å². The first-order valence-electron chi connectivity index (χ1n) is 5.55. The van der Waals surface area contributed by atoms with Gasteiger partial charge in [0.15, 0.2) is 5.75 Å². The highest BCUT2D eigenvalue weighted by atomic mass is 16.6. The summed E-state index contributed by atoms with van der Waals surface area (Å²) in [6.45, 7) is 2.73. The highest BCUT2D eigenvalue weighted by molar-refractivity contribution is 5.26. The van der Waals surface area contributed by atoms with Crippen molar-refractivity contribution in [3.8, 4) is 5.75 Å². The Morgan fingerprint density at radius 1 is 1.62 bits per heavy atom. The van der Waals surface area contributed by atoms with Gasteiger partial charge in [-0.15, -0.1) is 0 Å². The van der Waals surface area contributed by atoms with Crippen LogP contribution in [0.3, 0.4) is 0 Å². The van der Waals surface area contributed by atoms with Gasteiger partial charge in [-0.25, -0.2) is 0 Å². The second kappa shape index (κ2) is 4.84. The van der Waals surface area contributed by atoms with Crippen molar-refractivity contribution in [3.05, 3.63) is 11.9 Å². The Bertz CT molecular complexity index is 345. The molecule has 2 heterocycles. The van der Waals surface area contributed by atoms with Gasteiger partial charge in [0.05, 0.1) is 38.3 Å². The van der Waals surface area contributed by atoms with Gasteiger partial charge in [0.25, 0.3) is 0 Å². The fraction of sp³-hybridized carbons (Fsp3) is 0.727. The number of nitrogens with zero attached hydrogens (tertiary/aromatic N) is 3. The van der Waals surface area contributed by atoms with Crippen molar-refractivity contribution in [2.45, 2.75) is 19.1 Å². The number of epoxide rings is 1. The topological polar surface area (TPSA) is 42.8 Å². The molecule has 0 bridgehead atoms. The SMILES string of the molecule is COc1cnn(CCN(C)C)c1CC1CO1. The van der Waals surface area contributed by atoms with E-state index in [1.54, 1.807) is 13.3 Å². The van der Waals surface area contributed by atoms with E-state index < -0.39 is 0 Å². The third kappa shape index (κ3) is 2.74. The molecule has 1 atom stereocenters. The van der Waals surface area contributed by atoms with Gasteiger partial charge in [0.2, 0.25) is 0 Å². The molecule has 0 N–H and O–H groups in total. The Kier molecular flexibility index (Phi) is 3.46. The minimum Gasteiger partial charge on any atom is -0.493 e. The molecule has 1 aromatic heterocycles. The molecule has 0 saturated carbocycles. The zero-order valence-corrected chi connectivity index (χ0v) is 10.1. The summed E-state index contributed by atoms with van der Waals surface area (Å²) in [4.78, 5) is 2.14. The Labute approximate surface area is 95.9 Å². The maximum atomic E-state index is 5.31. The quantitative estimate of drug-likeness (QED) is 0.657. The molecule has 0 radical (unpaired) electrons. The lowest BCUT2D eigenvalue weighted by atomic mass is 10.2. The van der Waals surface area contributed by atoms with Crippen LogP contribution in [0.5, 0.6) is 5.75 Å². The summed E-state index contributed by atoms with van der Waals surface area (Å²) < 4.78 is 12.6. The molecule has 0 amide bonds. The molecule has 0 aliphatic carbocycles. The zero-order chi connectivity index (χ0) is 11.5. The summed E-state index contributed by atoms with van der Waals surface area (Å²) >= 11 is 0. The average Bonchev–Trinajstić information content (AvgIpc) is 2.96. The third-order valence-electron chi connectivity index (χ3n) is 2.71. The van der Waals surface area contributed by atoms with Gasteiger partial charge >= 0.3 is 0 Å². The van der Waals surface area contributed by atoms with E-state index in [1.807, 2.05) is 4.68 Å². The van der Waals surface area contributed by atoms with E-state index in [0.29, 0.717) is 6.10 Å². The Balaban J connectivity index is 2.05. The number of hydrogen-bond donors (Lipinski definition) is 0. The lowest BCUT2D eigenvalue weighted by Gasteiger charge is -2.12. The molecule has 1 aliphatic heterocycles. The van der Waals surface area contributed by atoms with Gasteiger partial charge in [-0.05, 0) is 14.1 Å². The summed E-state index contributed by atoms with van der Waals surface area (Å²) in [5, 5.41) is 4.35. The number of ether oxygens (including phenoxy) is 2. The summed E-state index contributed by atoms with van der Waals surface area (Å²) in [7, 11) is 5.80. The first-order chi connectivity index (χ1) is 7.70. The van der Waals surface area contributed by atoms with Crippen LogP contribution in [-0.2, 0) is 17.7 Å². The van der Waals surface area contributed by atoms with Gasteiger partial charge in [-0.2, -0.15) is 5.10 Å². The molecule has 0 spiro atoms. The molecule has 1 aromatic rings. The van der Waals surface area contributed by atoms with Crippen LogP contribution in [0.1, 0.15) is 5.69 Å². The second-order valence-corrected chi connectivity index (χ2v) is 4.35. The van der Waals surface area contributed by atoms with Crippen LogP contribution >= 0.6 is 0 Å². The number of methoxy groups -OCH3 is 1. The second-order valence-electron chi connectivity index (χ2n) is 4.35. The molecule has 1 fully saturated rings. The molecule has 5 heteroatoms. The van der Waals surface area contributed by atoms with Crippen molar-refractivity contribution in [2.75, 3.05) is 34.4 Å². The maximum Gasteiger partial charge on any atom is 0.160 e. The smallest absolute Gasteiger partial charge is 0.160 e. The fourth-order valence-corrected chi connectivity index (χ4v) is 1.66. The zero-order valence-electron chi connectivity index (χ0n) is 10.1. The van der Waals surface area contributed by atoms with E-state index >= 15 is 0 Å². The first kappa shape index (κ1) is 11.4. The molecule has 2 rings (SSSR count). The largest absolute Gasteiger partial charge is 0.493 e. The van der Waals surface area contributed by atoms with Gasteiger partial charge in [-0.1, -0.05) is 0 Å². The molecular weight excluding hydrogens is 206 g/mol. The Morgan fingerprint density at radius 3 is 2.94 bits per heavy atom. The molecular formula is C11H19N3O2. The third-order valence-corrected chi connectivity index (χ3v) is 2.71. The van der Waals surface area contributed by atoms with Crippen LogP contribution in [-0.4, -0.2) is 55.1 Å². The van der Waals surface area contributed by atoms with Crippen LogP contribution in [0.25, 0.3) is 0 Å². The highest BCUT2D eigenvalue weighted by Gasteiger charge is 2.26. The van der Waals surface area contributed by atoms with E-state index in [-0.39, 0.29) is 0 Å². The van der Waals surface area contributed by atoms with Crippen molar-refractivity contribution in [1.82, 2.24) is 14.7 Å². The van der Waals surface area contributed by atoms with Crippen molar-refractivity contribution in [1.29, 1.82) is 0 Å². The van der Waals surface area contributed by atoms with Crippen LogP contribution < -0.4 is 4.74 Å². The molecule has 0 aromatic carbocycles. The highest BCUT2D eigenvalue weighted by Crippen LogP contribution is 2.24. The van der Waals surface area contributed by atoms with Crippen LogP contribution in [0.4, 0.5) is 0 Å². The molecule has 1 saturated heterocycles. The normalized spacial score (nSPS) is 19.1. The van der Waals surface area contributed by atoms with Crippen molar-refractivity contribution in [2.24, 2.45) is 0 Å². The summed E-state index contributed by atoms with van der Waals surface area (Å²) in [6, 6.07) is 0. The minimum absolute atomic E-state index is 0.365. The standard InChI is InChI=1S/C11H19N3O2/c1-13(2)4-5-14-10(6-9-8-16-9)11(15-3)7-12-14/h7,9H,4-6,8H2,1-3H3. The monoisotopic (exact) mass is 225 g/mol. The van der Waals surface area contributed by atoms with E-state index in [0.717, 1.165) is 37.6 Å².